The SMILES string of the molecule is Cl/C=C(\Oc1ccccc1)c1cc2ccccc2s1. The van der Waals surface area contributed by atoms with E-state index in [4.69, 9.17) is 16.3 Å². The molecule has 1 aromatic heterocycles. The summed E-state index contributed by atoms with van der Waals surface area (Å²) in [5, 5.41) is 1.20. The van der Waals surface area contributed by atoms with Crippen molar-refractivity contribution in [2.45, 2.75) is 0 Å². The van der Waals surface area contributed by atoms with Crippen molar-refractivity contribution >= 4 is 38.8 Å². The van der Waals surface area contributed by atoms with Gasteiger partial charge in [-0.15, -0.1) is 11.3 Å². The Hall–Kier alpha value is -1.77. The van der Waals surface area contributed by atoms with E-state index in [1.165, 1.54) is 15.6 Å². The maximum atomic E-state index is 5.90. The van der Waals surface area contributed by atoms with Crippen LogP contribution >= 0.6 is 22.9 Å². The first kappa shape index (κ1) is 12.3. The zero-order valence-corrected chi connectivity index (χ0v) is 11.6. The van der Waals surface area contributed by atoms with Crippen molar-refractivity contribution in [2.75, 3.05) is 0 Å². The Morgan fingerprint density at radius 3 is 2.47 bits per heavy atom. The summed E-state index contributed by atoms with van der Waals surface area (Å²) in [5.41, 5.74) is 1.48. The quantitative estimate of drug-likeness (QED) is 0.576. The molecular formula is C16H11ClOS. The summed E-state index contributed by atoms with van der Waals surface area (Å²) in [6, 6.07) is 20.0. The van der Waals surface area contributed by atoms with Gasteiger partial charge in [0.25, 0.3) is 0 Å². The summed E-state index contributed by atoms with van der Waals surface area (Å²) in [6.45, 7) is 0. The molecule has 1 nitrogen and oxygen atoms in total. The van der Waals surface area contributed by atoms with Gasteiger partial charge < -0.3 is 4.74 Å². The minimum atomic E-state index is 0.675. The predicted molar refractivity (Wildman–Crippen MR) is 82.7 cm³/mol. The molecule has 0 aliphatic heterocycles. The molecule has 94 valence electrons. The number of ether oxygens (including phenoxy) is 1. The molecule has 3 rings (SSSR count). The average Bonchev–Trinajstić information content (AvgIpc) is 2.89. The molecule has 0 fully saturated rings. The zero-order chi connectivity index (χ0) is 13.1. The summed E-state index contributed by atoms with van der Waals surface area (Å²) >= 11 is 7.57. The summed E-state index contributed by atoms with van der Waals surface area (Å²) in [7, 11) is 0. The highest BCUT2D eigenvalue weighted by Crippen LogP contribution is 2.32. The number of fused-ring (bicyclic) bond motifs is 1. The number of para-hydroxylation sites is 1. The lowest BCUT2D eigenvalue weighted by atomic mass is 10.2. The third kappa shape index (κ3) is 2.65. The van der Waals surface area contributed by atoms with Gasteiger partial charge in [-0.1, -0.05) is 48.0 Å². The monoisotopic (exact) mass is 286 g/mol. The Morgan fingerprint density at radius 1 is 1.00 bits per heavy atom. The minimum Gasteiger partial charge on any atom is -0.455 e. The van der Waals surface area contributed by atoms with Crippen LogP contribution in [0.1, 0.15) is 4.88 Å². The predicted octanol–water partition coefficient (Wildman–Crippen LogP) is 5.52. The molecular weight excluding hydrogens is 276 g/mol. The van der Waals surface area contributed by atoms with Gasteiger partial charge in [0, 0.05) is 10.2 Å². The van der Waals surface area contributed by atoms with Gasteiger partial charge in [-0.25, -0.2) is 0 Å². The minimum absolute atomic E-state index is 0.675. The maximum absolute atomic E-state index is 5.90. The molecule has 0 aliphatic carbocycles. The molecule has 0 saturated carbocycles. The zero-order valence-electron chi connectivity index (χ0n) is 10.0. The molecule has 0 N–H and O–H groups in total. The van der Waals surface area contributed by atoms with Gasteiger partial charge in [-0.3, -0.25) is 0 Å². The van der Waals surface area contributed by atoms with Crippen LogP contribution in [0.15, 0.2) is 66.2 Å². The molecule has 3 aromatic rings. The van der Waals surface area contributed by atoms with Gasteiger partial charge in [0.1, 0.15) is 5.75 Å². The summed E-state index contributed by atoms with van der Waals surface area (Å²) < 4.78 is 7.05. The molecule has 0 unspecified atom stereocenters. The molecule has 0 spiro atoms. The normalized spacial score (nSPS) is 11.7. The molecule has 0 saturated heterocycles. The second-order valence-corrected chi connectivity index (χ2v) is 5.34. The first-order valence-corrected chi connectivity index (χ1v) is 7.14. The number of benzene rings is 2. The van der Waals surface area contributed by atoms with Gasteiger partial charge in [-0.05, 0) is 29.7 Å². The van der Waals surface area contributed by atoms with Crippen molar-refractivity contribution in [3.8, 4) is 5.75 Å². The smallest absolute Gasteiger partial charge is 0.155 e. The molecule has 0 radical (unpaired) electrons. The lowest BCUT2D eigenvalue weighted by Gasteiger charge is -2.06. The summed E-state index contributed by atoms with van der Waals surface area (Å²) in [4.78, 5) is 1.03. The lowest BCUT2D eigenvalue weighted by Crippen LogP contribution is -1.91. The van der Waals surface area contributed by atoms with Gasteiger partial charge >= 0.3 is 0 Å². The van der Waals surface area contributed by atoms with E-state index in [1.807, 2.05) is 42.5 Å². The van der Waals surface area contributed by atoms with Crippen LogP contribution in [0.25, 0.3) is 15.8 Å². The van der Waals surface area contributed by atoms with Crippen LogP contribution in [0.2, 0.25) is 0 Å². The van der Waals surface area contributed by atoms with Crippen LogP contribution in [-0.2, 0) is 0 Å². The van der Waals surface area contributed by atoms with Gasteiger partial charge in [-0.2, -0.15) is 0 Å². The van der Waals surface area contributed by atoms with E-state index in [-0.39, 0.29) is 0 Å². The highest BCUT2D eigenvalue weighted by molar-refractivity contribution is 7.20. The lowest BCUT2D eigenvalue weighted by molar-refractivity contribution is 0.518. The molecule has 0 aliphatic rings. The number of halogens is 1. The molecule has 0 atom stereocenters. The Labute approximate surface area is 120 Å². The van der Waals surface area contributed by atoms with E-state index >= 15 is 0 Å². The fourth-order valence-corrected chi connectivity index (χ4v) is 3.09. The first-order chi connectivity index (χ1) is 9.36. The third-order valence-electron chi connectivity index (χ3n) is 2.74. The third-order valence-corrected chi connectivity index (χ3v) is 4.07. The Balaban J connectivity index is 1.94. The molecule has 0 amide bonds. The van der Waals surface area contributed by atoms with Crippen LogP contribution in [-0.4, -0.2) is 0 Å². The van der Waals surface area contributed by atoms with Gasteiger partial charge in [0.05, 0.1) is 4.88 Å². The molecule has 1 heterocycles. The second-order valence-electron chi connectivity index (χ2n) is 4.04. The van der Waals surface area contributed by atoms with Crippen molar-refractivity contribution in [3.05, 3.63) is 71.1 Å². The number of hydrogen-bond donors (Lipinski definition) is 0. The van der Waals surface area contributed by atoms with Crippen molar-refractivity contribution in [2.24, 2.45) is 0 Å². The van der Waals surface area contributed by atoms with Gasteiger partial charge in [0.15, 0.2) is 5.76 Å². The summed E-state index contributed by atoms with van der Waals surface area (Å²) in [6.07, 6.45) is 0. The Bertz CT molecular complexity index is 683. The fraction of sp³-hybridized carbons (Fsp3) is 0. The summed E-state index contributed by atoms with van der Waals surface area (Å²) in [5.74, 6) is 1.46. The van der Waals surface area contributed by atoms with E-state index < -0.39 is 0 Å². The largest absolute Gasteiger partial charge is 0.455 e. The standard InChI is InChI=1S/C16H11ClOS/c17-11-14(18-13-7-2-1-3-8-13)16-10-12-6-4-5-9-15(12)19-16/h1-11H/b14-11-. The van der Waals surface area contributed by atoms with Crippen molar-refractivity contribution in [3.63, 3.8) is 0 Å². The van der Waals surface area contributed by atoms with E-state index in [1.54, 1.807) is 11.3 Å². The first-order valence-electron chi connectivity index (χ1n) is 5.89. The highest BCUT2D eigenvalue weighted by Gasteiger charge is 2.08. The highest BCUT2D eigenvalue weighted by atomic mass is 35.5. The van der Waals surface area contributed by atoms with Crippen molar-refractivity contribution < 1.29 is 4.74 Å². The van der Waals surface area contributed by atoms with Crippen molar-refractivity contribution in [1.29, 1.82) is 0 Å². The second kappa shape index (κ2) is 5.47. The molecule has 19 heavy (non-hydrogen) atoms. The average molecular weight is 287 g/mol. The topological polar surface area (TPSA) is 9.23 Å². The van der Waals surface area contributed by atoms with Crippen molar-refractivity contribution in [1.82, 2.24) is 0 Å². The van der Waals surface area contributed by atoms with Crippen LogP contribution < -0.4 is 4.74 Å². The maximum Gasteiger partial charge on any atom is 0.155 e. The Morgan fingerprint density at radius 2 is 1.74 bits per heavy atom. The number of hydrogen-bond acceptors (Lipinski definition) is 2. The van der Waals surface area contributed by atoms with Crippen LogP contribution in [0.4, 0.5) is 0 Å². The Kier molecular flexibility index (Phi) is 3.53. The molecule has 2 aromatic carbocycles. The molecule has 0 bridgehead atoms. The number of thiophene rings is 1. The van der Waals surface area contributed by atoms with E-state index in [0.717, 1.165) is 10.6 Å². The van der Waals surface area contributed by atoms with E-state index in [0.29, 0.717) is 5.76 Å². The van der Waals surface area contributed by atoms with E-state index in [2.05, 4.69) is 18.2 Å². The van der Waals surface area contributed by atoms with Crippen LogP contribution in [0.3, 0.4) is 0 Å². The fourth-order valence-electron chi connectivity index (χ4n) is 1.85. The van der Waals surface area contributed by atoms with Gasteiger partial charge in [0.2, 0.25) is 0 Å². The molecule has 3 heteroatoms. The van der Waals surface area contributed by atoms with Crippen LogP contribution in [0, 0.1) is 0 Å². The van der Waals surface area contributed by atoms with E-state index in [9.17, 15) is 0 Å². The van der Waals surface area contributed by atoms with Crippen LogP contribution in [0.5, 0.6) is 5.75 Å². The number of rotatable bonds is 3.